The van der Waals surface area contributed by atoms with E-state index in [9.17, 15) is 4.79 Å². The molecular formula is C18H29NO3Si. The molecule has 0 bridgehead atoms. The summed E-state index contributed by atoms with van der Waals surface area (Å²) in [6.45, 7) is 12.1. The van der Waals surface area contributed by atoms with Crippen LogP contribution in [0.15, 0.2) is 24.3 Å². The molecular weight excluding hydrogens is 306 g/mol. The number of benzene rings is 1. The lowest BCUT2D eigenvalue weighted by Gasteiger charge is -2.36. The highest BCUT2D eigenvalue weighted by molar-refractivity contribution is 6.74. The lowest BCUT2D eigenvalue weighted by Crippen LogP contribution is -2.43. The Morgan fingerprint density at radius 3 is 2.35 bits per heavy atom. The quantitative estimate of drug-likeness (QED) is 0.610. The van der Waals surface area contributed by atoms with Gasteiger partial charge in [0, 0.05) is 12.2 Å². The first-order chi connectivity index (χ1) is 10.7. The van der Waals surface area contributed by atoms with Gasteiger partial charge in [0.25, 0.3) is 0 Å². The summed E-state index contributed by atoms with van der Waals surface area (Å²) in [5.74, 6) is 0.762. The third-order valence-electron chi connectivity index (χ3n) is 5.07. The molecule has 1 aromatic rings. The minimum atomic E-state index is -1.82. The van der Waals surface area contributed by atoms with Crippen LogP contribution in [0.1, 0.15) is 33.6 Å². The molecule has 0 N–H and O–H groups in total. The molecule has 0 radical (unpaired) electrons. The van der Waals surface area contributed by atoms with Crippen LogP contribution in [0.4, 0.5) is 5.69 Å². The first-order valence-electron chi connectivity index (χ1n) is 8.29. The molecule has 0 saturated carbocycles. The second kappa shape index (κ2) is 6.55. The Morgan fingerprint density at radius 2 is 1.83 bits per heavy atom. The highest BCUT2D eigenvalue weighted by Gasteiger charge is 2.39. The number of nitrogens with zero attached hydrogens (tertiary/aromatic N) is 1. The molecule has 23 heavy (non-hydrogen) atoms. The number of anilines is 1. The Kier molecular flexibility index (Phi) is 5.09. The van der Waals surface area contributed by atoms with Crippen molar-refractivity contribution >= 4 is 20.0 Å². The molecule has 4 nitrogen and oxygen atoms in total. The van der Waals surface area contributed by atoms with E-state index in [-0.39, 0.29) is 17.0 Å². The molecule has 1 aliphatic rings. The Morgan fingerprint density at radius 1 is 1.22 bits per heavy atom. The van der Waals surface area contributed by atoms with Gasteiger partial charge in [0.05, 0.1) is 7.11 Å². The van der Waals surface area contributed by atoms with Crippen molar-refractivity contribution in [2.75, 3.05) is 18.6 Å². The average Bonchev–Trinajstić information content (AvgIpc) is 2.95. The number of methoxy groups -OCH3 is 1. The Labute approximate surface area is 140 Å². The van der Waals surface area contributed by atoms with Gasteiger partial charge in [-0.3, -0.25) is 0 Å². The standard InChI is InChI=1S/C18H29NO3Si/c1-18(2,3)23(5,6)22-15-11-9-14(10-12-15)19-13-7-8-16(19)17(20)21-4/h9-12,16H,7-8,13H2,1-6H3/t16-/m1/s1. The molecule has 5 heteroatoms. The second-order valence-corrected chi connectivity index (χ2v) is 12.5. The summed E-state index contributed by atoms with van der Waals surface area (Å²) < 4.78 is 11.2. The first-order valence-corrected chi connectivity index (χ1v) is 11.2. The summed E-state index contributed by atoms with van der Waals surface area (Å²) in [5, 5.41) is 0.177. The van der Waals surface area contributed by atoms with Crippen LogP contribution >= 0.6 is 0 Å². The van der Waals surface area contributed by atoms with Gasteiger partial charge in [0.15, 0.2) is 0 Å². The third kappa shape index (κ3) is 3.89. The molecule has 1 fully saturated rings. The maximum atomic E-state index is 11.9. The number of carbonyl (C=O) groups is 1. The summed E-state index contributed by atoms with van der Waals surface area (Å²) in [6.07, 6.45) is 1.87. The van der Waals surface area contributed by atoms with Crippen LogP contribution in [0.5, 0.6) is 5.75 Å². The fraction of sp³-hybridized carbons (Fsp3) is 0.611. The second-order valence-electron chi connectivity index (χ2n) is 7.73. The van der Waals surface area contributed by atoms with Gasteiger partial charge < -0.3 is 14.1 Å². The topological polar surface area (TPSA) is 38.8 Å². The van der Waals surface area contributed by atoms with Crippen molar-refractivity contribution in [3.05, 3.63) is 24.3 Å². The van der Waals surface area contributed by atoms with Gasteiger partial charge >= 0.3 is 5.97 Å². The maximum Gasteiger partial charge on any atom is 0.328 e. The van der Waals surface area contributed by atoms with Gasteiger partial charge in [-0.25, -0.2) is 4.79 Å². The van der Waals surface area contributed by atoms with Crippen LogP contribution < -0.4 is 9.33 Å². The van der Waals surface area contributed by atoms with Crippen molar-refractivity contribution in [3.63, 3.8) is 0 Å². The molecule has 1 aliphatic heterocycles. The molecule has 0 aromatic heterocycles. The zero-order valence-corrected chi connectivity index (χ0v) is 16.2. The molecule has 1 heterocycles. The lowest BCUT2D eigenvalue weighted by molar-refractivity contribution is -0.141. The van der Waals surface area contributed by atoms with E-state index in [1.54, 1.807) is 0 Å². The van der Waals surface area contributed by atoms with E-state index in [1.807, 2.05) is 24.3 Å². The minimum absolute atomic E-state index is 0.149. The van der Waals surface area contributed by atoms with Crippen molar-refractivity contribution in [3.8, 4) is 5.75 Å². The molecule has 0 unspecified atom stereocenters. The van der Waals surface area contributed by atoms with Gasteiger partial charge in [-0.05, 0) is 55.2 Å². The minimum Gasteiger partial charge on any atom is -0.544 e. The van der Waals surface area contributed by atoms with Gasteiger partial charge in [-0.15, -0.1) is 0 Å². The number of carbonyl (C=O) groups excluding carboxylic acids is 1. The van der Waals surface area contributed by atoms with E-state index in [1.165, 1.54) is 7.11 Å². The molecule has 2 rings (SSSR count). The van der Waals surface area contributed by atoms with Crippen LogP contribution in [-0.2, 0) is 9.53 Å². The fourth-order valence-electron chi connectivity index (χ4n) is 2.61. The molecule has 1 atom stereocenters. The predicted molar refractivity (Wildman–Crippen MR) is 96.7 cm³/mol. The summed E-state index contributed by atoms with van der Waals surface area (Å²) in [4.78, 5) is 14.0. The maximum absolute atomic E-state index is 11.9. The summed E-state index contributed by atoms with van der Waals surface area (Å²) in [7, 11) is -0.366. The molecule has 0 amide bonds. The van der Waals surface area contributed by atoms with E-state index in [2.05, 4.69) is 38.8 Å². The van der Waals surface area contributed by atoms with Gasteiger partial charge in [0.2, 0.25) is 8.32 Å². The highest BCUT2D eigenvalue weighted by Crippen LogP contribution is 2.38. The van der Waals surface area contributed by atoms with Crippen molar-refractivity contribution in [1.29, 1.82) is 0 Å². The Bertz CT molecular complexity index is 548. The zero-order valence-electron chi connectivity index (χ0n) is 15.2. The van der Waals surface area contributed by atoms with E-state index in [0.717, 1.165) is 30.8 Å². The summed E-state index contributed by atoms with van der Waals surface area (Å²) in [6, 6.07) is 7.96. The lowest BCUT2D eigenvalue weighted by atomic mass is 10.2. The Hall–Kier alpha value is -1.49. The third-order valence-corrected chi connectivity index (χ3v) is 9.43. The van der Waals surface area contributed by atoms with E-state index < -0.39 is 8.32 Å². The van der Waals surface area contributed by atoms with E-state index in [0.29, 0.717) is 0 Å². The van der Waals surface area contributed by atoms with Crippen molar-refractivity contribution in [1.82, 2.24) is 0 Å². The summed E-state index contributed by atoms with van der Waals surface area (Å²) >= 11 is 0. The number of hydrogen-bond donors (Lipinski definition) is 0. The molecule has 128 valence electrons. The van der Waals surface area contributed by atoms with Gasteiger partial charge in [-0.2, -0.15) is 0 Å². The largest absolute Gasteiger partial charge is 0.544 e. The van der Waals surface area contributed by atoms with Crippen LogP contribution in [-0.4, -0.2) is 34.0 Å². The fourth-order valence-corrected chi connectivity index (χ4v) is 3.64. The van der Waals surface area contributed by atoms with Crippen molar-refractivity contribution < 1.29 is 14.0 Å². The van der Waals surface area contributed by atoms with Crippen LogP contribution in [0, 0.1) is 0 Å². The molecule has 0 spiro atoms. The SMILES string of the molecule is COC(=O)[C@H]1CCCN1c1ccc(O[Si](C)(C)C(C)(C)C)cc1. The number of rotatable bonds is 4. The molecule has 1 aromatic carbocycles. The number of ether oxygens (including phenoxy) is 1. The first kappa shape index (κ1) is 17.9. The van der Waals surface area contributed by atoms with Crippen molar-refractivity contribution in [2.45, 2.75) is 57.8 Å². The smallest absolute Gasteiger partial charge is 0.328 e. The van der Waals surface area contributed by atoms with Crippen LogP contribution in [0.25, 0.3) is 0 Å². The normalized spacial score (nSPS) is 18.9. The van der Waals surface area contributed by atoms with Gasteiger partial charge in [-0.1, -0.05) is 20.8 Å². The summed E-state index contributed by atoms with van der Waals surface area (Å²) in [5.41, 5.74) is 1.06. The Balaban J connectivity index is 2.12. The molecule has 0 aliphatic carbocycles. The number of esters is 1. The van der Waals surface area contributed by atoms with Gasteiger partial charge in [0.1, 0.15) is 11.8 Å². The highest BCUT2D eigenvalue weighted by atomic mass is 28.4. The van der Waals surface area contributed by atoms with Crippen LogP contribution in [0.2, 0.25) is 18.1 Å². The number of hydrogen-bond acceptors (Lipinski definition) is 4. The zero-order chi connectivity index (χ0) is 17.3. The van der Waals surface area contributed by atoms with E-state index >= 15 is 0 Å². The van der Waals surface area contributed by atoms with Crippen molar-refractivity contribution in [2.24, 2.45) is 0 Å². The predicted octanol–water partition coefficient (Wildman–Crippen LogP) is 4.21. The molecule has 1 saturated heterocycles. The monoisotopic (exact) mass is 335 g/mol. The van der Waals surface area contributed by atoms with Crippen LogP contribution in [0.3, 0.4) is 0 Å². The van der Waals surface area contributed by atoms with E-state index in [4.69, 9.17) is 9.16 Å². The average molecular weight is 336 g/mol.